The summed E-state index contributed by atoms with van der Waals surface area (Å²) in [5.74, 6) is -0.117. The topological polar surface area (TPSA) is 59.6 Å². The van der Waals surface area contributed by atoms with Crippen molar-refractivity contribution >= 4 is 29.1 Å². The van der Waals surface area contributed by atoms with Crippen LogP contribution in [0.5, 0.6) is 0 Å². The minimum absolute atomic E-state index is 0.117. The monoisotopic (exact) mass is 346 g/mol. The molecule has 1 aromatic rings. The Hall–Kier alpha value is -0.850. The number of rotatable bonds is 4. The Morgan fingerprint density at radius 3 is 2.91 bits per heavy atom. The molecule has 0 spiro atoms. The first kappa shape index (κ1) is 17.5. The molecule has 1 unspecified atom stereocenters. The van der Waals surface area contributed by atoms with Crippen molar-refractivity contribution in [2.24, 2.45) is 0 Å². The second-order valence-electron chi connectivity index (χ2n) is 5.28. The van der Waals surface area contributed by atoms with Crippen LogP contribution in [0.15, 0.2) is 18.2 Å². The number of nitrogens with one attached hydrogen (secondary N) is 2. The summed E-state index contributed by atoms with van der Waals surface area (Å²) in [6, 6.07) is 5.38. The zero-order chi connectivity index (χ0) is 16.2. The van der Waals surface area contributed by atoms with Crippen LogP contribution in [0.1, 0.15) is 18.6 Å². The predicted molar refractivity (Wildman–Crippen MR) is 86.4 cm³/mol. The first-order chi connectivity index (χ1) is 10.5. The van der Waals surface area contributed by atoms with Crippen LogP contribution in [0.2, 0.25) is 10.0 Å². The van der Waals surface area contributed by atoms with Gasteiger partial charge in [0, 0.05) is 27.1 Å². The molecule has 122 valence electrons. The van der Waals surface area contributed by atoms with E-state index in [1.807, 2.05) is 6.07 Å². The van der Waals surface area contributed by atoms with Gasteiger partial charge in [0.1, 0.15) is 11.7 Å². The summed E-state index contributed by atoms with van der Waals surface area (Å²) in [6.07, 6.45) is -0.367. The van der Waals surface area contributed by atoms with Crippen LogP contribution in [0, 0.1) is 0 Å². The van der Waals surface area contributed by atoms with Gasteiger partial charge in [0.15, 0.2) is 0 Å². The maximum absolute atomic E-state index is 11.3. The van der Waals surface area contributed by atoms with Crippen LogP contribution in [0.4, 0.5) is 0 Å². The maximum Gasteiger partial charge on any atom is 0.216 e. The summed E-state index contributed by atoms with van der Waals surface area (Å²) in [5.41, 5.74) is 0.143. The number of amides is 1. The molecule has 5 nitrogen and oxygen atoms in total. The van der Waals surface area contributed by atoms with Gasteiger partial charge in [-0.05, 0) is 17.7 Å². The van der Waals surface area contributed by atoms with Crippen LogP contribution in [-0.2, 0) is 14.3 Å². The van der Waals surface area contributed by atoms with Gasteiger partial charge in [0.2, 0.25) is 5.91 Å². The van der Waals surface area contributed by atoms with Crippen molar-refractivity contribution < 1.29 is 14.3 Å². The number of carbonyl (C=O) groups excluding carboxylic acids is 1. The molecule has 1 aromatic carbocycles. The predicted octanol–water partition coefficient (Wildman–Crippen LogP) is 2.18. The first-order valence-electron chi connectivity index (χ1n) is 7.05. The van der Waals surface area contributed by atoms with Gasteiger partial charge in [-0.1, -0.05) is 29.3 Å². The summed E-state index contributed by atoms with van der Waals surface area (Å²) in [7, 11) is 1.61. The van der Waals surface area contributed by atoms with Crippen molar-refractivity contribution in [3.8, 4) is 0 Å². The molecule has 0 aromatic heterocycles. The molecule has 0 aliphatic carbocycles. The van der Waals surface area contributed by atoms with E-state index in [0.717, 1.165) is 5.56 Å². The molecule has 1 aliphatic heterocycles. The lowest BCUT2D eigenvalue weighted by atomic mass is 9.90. The van der Waals surface area contributed by atoms with Gasteiger partial charge >= 0.3 is 0 Å². The Morgan fingerprint density at radius 2 is 2.27 bits per heavy atom. The molecule has 2 rings (SSSR count). The van der Waals surface area contributed by atoms with Gasteiger partial charge in [0.25, 0.3) is 0 Å². The third kappa shape index (κ3) is 3.91. The summed E-state index contributed by atoms with van der Waals surface area (Å²) >= 11 is 12.1. The first-order valence-corrected chi connectivity index (χ1v) is 7.81. The maximum atomic E-state index is 11.3. The highest BCUT2D eigenvalue weighted by atomic mass is 35.5. The molecule has 1 saturated heterocycles. The van der Waals surface area contributed by atoms with Crippen molar-refractivity contribution in [2.45, 2.75) is 18.6 Å². The molecule has 7 heteroatoms. The average molecular weight is 347 g/mol. The summed E-state index contributed by atoms with van der Waals surface area (Å²) in [6.45, 7) is 3.60. The minimum Gasteiger partial charge on any atom is -0.372 e. The molecule has 0 bridgehead atoms. The van der Waals surface area contributed by atoms with E-state index in [1.54, 1.807) is 19.2 Å². The van der Waals surface area contributed by atoms with E-state index in [4.69, 9.17) is 32.7 Å². The van der Waals surface area contributed by atoms with E-state index in [2.05, 4.69) is 10.6 Å². The van der Waals surface area contributed by atoms with Gasteiger partial charge in [-0.3, -0.25) is 4.79 Å². The number of hydrogen-bond donors (Lipinski definition) is 2. The van der Waals surface area contributed by atoms with Crippen molar-refractivity contribution in [1.82, 2.24) is 10.6 Å². The zero-order valence-electron chi connectivity index (χ0n) is 12.6. The molecule has 1 aliphatic rings. The molecule has 1 fully saturated rings. The van der Waals surface area contributed by atoms with Gasteiger partial charge in [0.05, 0.1) is 23.2 Å². The number of hydrogen-bond acceptors (Lipinski definition) is 4. The van der Waals surface area contributed by atoms with Crippen molar-refractivity contribution in [1.29, 1.82) is 0 Å². The molecule has 0 radical (unpaired) electrons. The van der Waals surface area contributed by atoms with Crippen LogP contribution in [0.25, 0.3) is 0 Å². The number of benzene rings is 1. The van der Waals surface area contributed by atoms with Crippen molar-refractivity contribution in [3.05, 3.63) is 33.8 Å². The van der Waals surface area contributed by atoms with Gasteiger partial charge < -0.3 is 20.1 Å². The third-order valence-electron chi connectivity index (χ3n) is 3.75. The molecular weight excluding hydrogens is 327 g/mol. The highest BCUT2D eigenvalue weighted by Gasteiger charge is 2.42. The van der Waals surface area contributed by atoms with E-state index < -0.39 is 5.60 Å². The Labute approximate surface area is 140 Å². The molecule has 1 heterocycles. The highest BCUT2D eigenvalue weighted by Crippen LogP contribution is 2.36. The van der Waals surface area contributed by atoms with Crippen molar-refractivity contribution in [2.75, 3.05) is 33.4 Å². The molecule has 2 atom stereocenters. The van der Waals surface area contributed by atoms with E-state index in [0.29, 0.717) is 36.3 Å². The SMILES string of the molecule is CO[C@]1(CNC(C)=O)CNCCOC1c1ccc(Cl)c(Cl)c1. The van der Waals surface area contributed by atoms with Gasteiger partial charge in [-0.2, -0.15) is 0 Å². The fraction of sp³-hybridized carbons (Fsp3) is 0.533. The Morgan fingerprint density at radius 1 is 1.50 bits per heavy atom. The van der Waals surface area contributed by atoms with E-state index in [-0.39, 0.29) is 12.0 Å². The lowest BCUT2D eigenvalue weighted by Gasteiger charge is -2.38. The van der Waals surface area contributed by atoms with Crippen LogP contribution in [0.3, 0.4) is 0 Å². The second kappa shape index (κ2) is 7.62. The number of halogens is 2. The van der Waals surface area contributed by atoms with E-state index in [9.17, 15) is 4.79 Å². The number of methoxy groups -OCH3 is 1. The molecule has 2 N–H and O–H groups in total. The standard InChI is InChI=1S/C15H20Cl2N2O3/c1-10(20)19-9-15(21-2)8-18-5-6-22-14(15)11-3-4-12(16)13(17)7-11/h3-4,7,14,18H,5-6,8-9H2,1-2H3,(H,19,20)/t14?,15-/m0/s1. The normalized spacial score (nSPS) is 25.5. The fourth-order valence-electron chi connectivity index (χ4n) is 2.55. The van der Waals surface area contributed by atoms with Crippen LogP contribution >= 0.6 is 23.2 Å². The molecular formula is C15H20Cl2N2O3. The lowest BCUT2D eigenvalue weighted by molar-refractivity contribution is -0.129. The largest absolute Gasteiger partial charge is 0.372 e. The lowest BCUT2D eigenvalue weighted by Crippen LogP contribution is -2.53. The van der Waals surface area contributed by atoms with Gasteiger partial charge in [-0.15, -0.1) is 0 Å². The Kier molecular flexibility index (Phi) is 6.06. The smallest absolute Gasteiger partial charge is 0.216 e. The Bertz CT molecular complexity index is 542. The molecule has 0 saturated carbocycles. The summed E-state index contributed by atoms with van der Waals surface area (Å²) in [5, 5.41) is 7.05. The summed E-state index contributed by atoms with van der Waals surface area (Å²) < 4.78 is 11.8. The van der Waals surface area contributed by atoms with E-state index in [1.165, 1.54) is 6.92 Å². The second-order valence-corrected chi connectivity index (χ2v) is 6.09. The zero-order valence-corrected chi connectivity index (χ0v) is 14.1. The highest BCUT2D eigenvalue weighted by molar-refractivity contribution is 6.42. The minimum atomic E-state index is -0.723. The quantitative estimate of drug-likeness (QED) is 0.877. The third-order valence-corrected chi connectivity index (χ3v) is 4.49. The average Bonchev–Trinajstić information content (AvgIpc) is 2.71. The Balaban J connectivity index is 2.36. The number of ether oxygens (including phenoxy) is 2. The molecule has 1 amide bonds. The summed E-state index contributed by atoms with van der Waals surface area (Å²) in [4.78, 5) is 11.3. The van der Waals surface area contributed by atoms with Gasteiger partial charge in [-0.25, -0.2) is 0 Å². The molecule has 22 heavy (non-hydrogen) atoms. The fourth-order valence-corrected chi connectivity index (χ4v) is 2.86. The van der Waals surface area contributed by atoms with E-state index >= 15 is 0 Å². The van der Waals surface area contributed by atoms with Crippen LogP contribution < -0.4 is 10.6 Å². The van der Waals surface area contributed by atoms with Crippen LogP contribution in [-0.4, -0.2) is 44.9 Å². The van der Waals surface area contributed by atoms with Crippen molar-refractivity contribution in [3.63, 3.8) is 0 Å². The number of carbonyl (C=O) groups is 1.